The van der Waals surface area contributed by atoms with Crippen molar-refractivity contribution in [3.8, 4) is 0 Å². The molecule has 1 aromatic carbocycles. The minimum absolute atomic E-state index is 0.00438. The van der Waals surface area contributed by atoms with Crippen LogP contribution < -0.4 is 4.72 Å². The molecule has 0 saturated heterocycles. The Bertz CT molecular complexity index is 859. The minimum Gasteiger partial charge on any atom is -0.340 e. The molecule has 1 aliphatic rings. The van der Waals surface area contributed by atoms with E-state index in [0.717, 1.165) is 25.7 Å². The van der Waals surface area contributed by atoms with E-state index in [9.17, 15) is 8.42 Å². The molecule has 1 aliphatic carbocycles. The zero-order valence-electron chi connectivity index (χ0n) is 13.8. The van der Waals surface area contributed by atoms with Gasteiger partial charge in [-0.1, -0.05) is 60.1 Å². The molecule has 25 heavy (non-hydrogen) atoms. The summed E-state index contributed by atoms with van der Waals surface area (Å²) in [6.45, 7) is 1.68. The summed E-state index contributed by atoms with van der Waals surface area (Å²) >= 11 is 12.1. The third-order valence-electron chi connectivity index (χ3n) is 4.45. The first-order chi connectivity index (χ1) is 11.8. The summed E-state index contributed by atoms with van der Waals surface area (Å²) in [5, 5.41) is 4.19. The van der Waals surface area contributed by atoms with E-state index < -0.39 is 15.6 Å². The fourth-order valence-electron chi connectivity index (χ4n) is 3.20. The Morgan fingerprint density at radius 2 is 1.84 bits per heavy atom. The van der Waals surface area contributed by atoms with Crippen LogP contribution in [0, 0.1) is 6.92 Å². The van der Waals surface area contributed by atoms with Gasteiger partial charge in [-0.25, -0.2) is 8.42 Å². The highest BCUT2D eigenvalue weighted by atomic mass is 35.5. The third-order valence-corrected chi connectivity index (χ3v) is 6.96. The van der Waals surface area contributed by atoms with Crippen molar-refractivity contribution in [2.45, 2.75) is 55.9 Å². The highest BCUT2D eigenvalue weighted by Crippen LogP contribution is 2.37. The predicted molar refractivity (Wildman–Crippen MR) is 95.2 cm³/mol. The fourth-order valence-corrected chi connectivity index (χ4v) is 5.39. The summed E-state index contributed by atoms with van der Waals surface area (Å²) in [5.74, 6) is 0.771. The number of aromatic nitrogens is 2. The van der Waals surface area contributed by atoms with Crippen molar-refractivity contribution < 1.29 is 12.9 Å². The van der Waals surface area contributed by atoms with Gasteiger partial charge in [0.1, 0.15) is 4.90 Å². The van der Waals surface area contributed by atoms with Gasteiger partial charge < -0.3 is 4.52 Å². The molecule has 6 nitrogen and oxygen atoms in total. The average Bonchev–Trinajstić information content (AvgIpc) is 2.86. The van der Waals surface area contributed by atoms with Gasteiger partial charge in [0.25, 0.3) is 0 Å². The molecule has 3 rings (SSSR count). The molecule has 9 heteroatoms. The average molecular weight is 404 g/mol. The first kappa shape index (κ1) is 18.6. The van der Waals surface area contributed by atoms with E-state index in [-0.39, 0.29) is 14.9 Å². The standard InChI is InChI=1S/C16H19Cl2N3O3S/c1-11-19-15(20-24-11)16(9-4-2-3-5-10-16)21-25(22,23)13-8-6-7-12(17)14(13)18/h6-8,21H,2-5,9-10H2,1H3. The molecule has 0 amide bonds. The molecule has 1 fully saturated rings. The van der Waals surface area contributed by atoms with Gasteiger partial charge in [-0.2, -0.15) is 9.71 Å². The molecule has 136 valence electrons. The van der Waals surface area contributed by atoms with Crippen LogP contribution in [-0.4, -0.2) is 18.6 Å². The molecule has 0 unspecified atom stereocenters. The number of nitrogens with one attached hydrogen (secondary N) is 1. The van der Waals surface area contributed by atoms with Crippen LogP contribution >= 0.6 is 23.2 Å². The Hall–Kier alpha value is -1.15. The third kappa shape index (κ3) is 3.84. The second-order valence-corrected chi connectivity index (χ2v) is 8.73. The van der Waals surface area contributed by atoms with Gasteiger partial charge in [0.15, 0.2) is 5.82 Å². The van der Waals surface area contributed by atoms with Gasteiger partial charge >= 0.3 is 0 Å². The zero-order valence-corrected chi connectivity index (χ0v) is 16.1. The number of nitrogens with zero attached hydrogens (tertiary/aromatic N) is 2. The summed E-state index contributed by atoms with van der Waals surface area (Å²) < 4.78 is 34.0. The number of aryl methyl sites for hydroxylation is 1. The predicted octanol–water partition coefficient (Wildman–Crippen LogP) is 4.21. The molecule has 0 atom stereocenters. The maximum absolute atomic E-state index is 13.0. The normalized spacial score (nSPS) is 18.0. The van der Waals surface area contributed by atoms with Gasteiger partial charge in [0.05, 0.1) is 15.6 Å². The van der Waals surface area contributed by atoms with Gasteiger partial charge in [-0.05, 0) is 25.0 Å². The van der Waals surface area contributed by atoms with Crippen molar-refractivity contribution in [2.75, 3.05) is 0 Å². The van der Waals surface area contributed by atoms with E-state index in [1.165, 1.54) is 6.07 Å². The topological polar surface area (TPSA) is 85.1 Å². The van der Waals surface area contributed by atoms with Crippen LogP contribution in [0.3, 0.4) is 0 Å². The molecule has 1 aromatic heterocycles. The van der Waals surface area contributed by atoms with Crippen LogP contribution in [-0.2, 0) is 15.6 Å². The summed E-state index contributed by atoms with van der Waals surface area (Å²) in [4.78, 5) is 4.25. The molecule has 1 heterocycles. The van der Waals surface area contributed by atoms with Crippen molar-refractivity contribution in [1.82, 2.24) is 14.9 Å². The van der Waals surface area contributed by atoms with Crippen LogP contribution in [0.2, 0.25) is 10.0 Å². The summed E-state index contributed by atoms with van der Waals surface area (Å²) in [5.41, 5.74) is -0.904. The molecular formula is C16H19Cl2N3O3S. The summed E-state index contributed by atoms with van der Waals surface area (Å²) in [6.07, 6.45) is 5.03. The summed E-state index contributed by atoms with van der Waals surface area (Å²) in [6, 6.07) is 4.54. The lowest BCUT2D eigenvalue weighted by molar-refractivity contribution is 0.301. The lowest BCUT2D eigenvalue weighted by Crippen LogP contribution is -2.46. The molecular weight excluding hydrogens is 385 g/mol. The van der Waals surface area contributed by atoms with E-state index in [1.54, 1.807) is 19.1 Å². The smallest absolute Gasteiger partial charge is 0.243 e. The van der Waals surface area contributed by atoms with Crippen LogP contribution in [0.25, 0.3) is 0 Å². The molecule has 1 saturated carbocycles. The van der Waals surface area contributed by atoms with Crippen molar-refractivity contribution in [3.63, 3.8) is 0 Å². The van der Waals surface area contributed by atoms with Gasteiger partial charge in [0, 0.05) is 6.92 Å². The Kier molecular flexibility index (Phi) is 5.39. The first-order valence-corrected chi connectivity index (χ1v) is 10.4. The van der Waals surface area contributed by atoms with E-state index in [0.29, 0.717) is 24.6 Å². The van der Waals surface area contributed by atoms with Crippen molar-refractivity contribution in [2.24, 2.45) is 0 Å². The molecule has 0 spiro atoms. The summed E-state index contributed by atoms with van der Waals surface area (Å²) in [7, 11) is -3.91. The molecule has 1 N–H and O–H groups in total. The van der Waals surface area contributed by atoms with Crippen LogP contribution in [0.5, 0.6) is 0 Å². The number of hydrogen-bond donors (Lipinski definition) is 1. The van der Waals surface area contributed by atoms with E-state index in [2.05, 4.69) is 14.9 Å². The largest absolute Gasteiger partial charge is 0.340 e. The van der Waals surface area contributed by atoms with E-state index >= 15 is 0 Å². The quantitative estimate of drug-likeness (QED) is 0.772. The Balaban J connectivity index is 2.04. The zero-order chi connectivity index (χ0) is 18.1. The SMILES string of the molecule is Cc1nc(C2(NS(=O)(=O)c3cccc(Cl)c3Cl)CCCCCC2)no1. The van der Waals surface area contributed by atoms with Gasteiger partial charge in [-0.3, -0.25) is 0 Å². The van der Waals surface area contributed by atoms with Crippen molar-refractivity contribution in [1.29, 1.82) is 0 Å². The minimum atomic E-state index is -3.91. The van der Waals surface area contributed by atoms with Gasteiger partial charge in [-0.15, -0.1) is 0 Å². The highest BCUT2D eigenvalue weighted by Gasteiger charge is 2.41. The Labute approximate surface area is 157 Å². The van der Waals surface area contributed by atoms with Crippen LogP contribution in [0.15, 0.2) is 27.6 Å². The van der Waals surface area contributed by atoms with Crippen molar-refractivity contribution in [3.05, 3.63) is 40.0 Å². The van der Waals surface area contributed by atoms with Crippen LogP contribution in [0.1, 0.15) is 50.2 Å². The molecule has 0 radical (unpaired) electrons. The van der Waals surface area contributed by atoms with Crippen LogP contribution in [0.4, 0.5) is 0 Å². The number of rotatable bonds is 4. The number of benzene rings is 1. The second-order valence-electron chi connectivity index (χ2n) is 6.29. The molecule has 0 bridgehead atoms. The number of halogens is 2. The number of hydrogen-bond acceptors (Lipinski definition) is 5. The lowest BCUT2D eigenvalue weighted by Gasteiger charge is -2.30. The maximum atomic E-state index is 13.0. The van der Waals surface area contributed by atoms with E-state index in [1.807, 2.05) is 0 Å². The molecule has 2 aromatic rings. The van der Waals surface area contributed by atoms with Crippen molar-refractivity contribution >= 4 is 33.2 Å². The Morgan fingerprint density at radius 1 is 1.16 bits per heavy atom. The molecule has 0 aliphatic heterocycles. The lowest BCUT2D eigenvalue weighted by atomic mass is 9.91. The monoisotopic (exact) mass is 403 g/mol. The van der Waals surface area contributed by atoms with Gasteiger partial charge in [0.2, 0.25) is 15.9 Å². The Morgan fingerprint density at radius 3 is 2.44 bits per heavy atom. The van der Waals surface area contributed by atoms with E-state index in [4.69, 9.17) is 27.7 Å². The first-order valence-electron chi connectivity index (χ1n) is 8.13. The highest BCUT2D eigenvalue weighted by molar-refractivity contribution is 7.89. The number of sulfonamides is 1. The second kappa shape index (κ2) is 7.23. The fraction of sp³-hybridized carbons (Fsp3) is 0.500. The maximum Gasteiger partial charge on any atom is 0.243 e.